The van der Waals surface area contributed by atoms with Crippen LogP contribution in [0.2, 0.25) is 0 Å². The van der Waals surface area contributed by atoms with Gasteiger partial charge in [0.05, 0.1) is 4.90 Å². The molecule has 0 radical (unpaired) electrons. The second-order valence-corrected chi connectivity index (χ2v) is 10.4. The van der Waals surface area contributed by atoms with E-state index in [-0.39, 0.29) is 11.8 Å². The van der Waals surface area contributed by atoms with Crippen LogP contribution in [-0.4, -0.2) is 62.3 Å². The Labute approximate surface area is 175 Å². The molecule has 0 aromatic heterocycles. The molecule has 1 heterocycles. The minimum Gasteiger partial charge on any atom is -0.355 e. The Bertz CT molecular complexity index is 815. The molecule has 7 heteroatoms. The fourth-order valence-corrected chi connectivity index (χ4v) is 5.99. The zero-order chi connectivity index (χ0) is 21.0. The lowest BCUT2D eigenvalue weighted by Crippen LogP contribution is -2.44. The van der Waals surface area contributed by atoms with Gasteiger partial charge in [-0.1, -0.05) is 13.0 Å². The van der Waals surface area contributed by atoms with Crippen LogP contribution in [0.5, 0.6) is 0 Å². The minimum atomic E-state index is -3.48. The third-order valence-corrected chi connectivity index (χ3v) is 8.26. The number of amides is 1. The fourth-order valence-electron chi connectivity index (χ4n) is 4.46. The monoisotopic (exact) mass is 421 g/mol. The molecule has 1 amide bonds. The number of rotatable bonds is 8. The Hall–Kier alpha value is -1.44. The molecule has 6 nitrogen and oxygen atoms in total. The molecule has 0 atom stereocenters. The Kier molecular flexibility index (Phi) is 7.35. The maximum Gasteiger partial charge on any atom is 0.243 e. The number of nitrogens with zero attached hydrogens (tertiary/aromatic N) is 2. The predicted molar refractivity (Wildman–Crippen MR) is 115 cm³/mol. The number of sulfonamides is 1. The molecular formula is C22H35N3O3S. The van der Waals surface area contributed by atoms with E-state index >= 15 is 0 Å². The van der Waals surface area contributed by atoms with Crippen molar-refractivity contribution in [2.75, 3.05) is 32.7 Å². The van der Waals surface area contributed by atoms with Crippen molar-refractivity contribution in [3.63, 3.8) is 0 Å². The third-order valence-electron chi connectivity index (χ3n) is 6.37. The molecule has 29 heavy (non-hydrogen) atoms. The molecule has 1 aliphatic carbocycles. The smallest absolute Gasteiger partial charge is 0.243 e. The molecule has 0 bridgehead atoms. The van der Waals surface area contributed by atoms with Gasteiger partial charge in [0, 0.05) is 38.1 Å². The van der Waals surface area contributed by atoms with Crippen LogP contribution in [0.3, 0.4) is 0 Å². The SMILES string of the molecule is CCN(CCNC(=O)C1CCN(S(=O)(=O)c2ccc3c(c2)CCC3)CC1)C(C)C. The molecule has 1 aliphatic heterocycles. The molecule has 1 N–H and O–H groups in total. The number of benzene rings is 1. The van der Waals surface area contributed by atoms with Gasteiger partial charge in [-0.3, -0.25) is 9.69 Å². The number of piperidine rings is 1. The van der Waals surface area contributed by atoms with Gasteiger partial charge in [-0.15, -0.1) is 0 Å². The first-order chi connectivity index (χ1) is 13.8. The zero-order valence-corrected chi connectivity index (χ0v) is 18.8. The summed E-state index contributed by atoms with van der Waals surface area (Å²) in [6, 6.07) is 6.02. The van der Waals surface area contributed by atoms with E-state index < -0.39 is 10.0 Å². The highest BCUT2D eigenvalue weighted by Gasteiger charge is 2.32. The largest absolute Gasteiger partial charge is 0.355 e. The van der Waals surface area contributed by atoms with Gasteiger partial charge < -0.3 is 5.32 Å². The van der Waals surface area contributed by atoms with Gasteiger partial charge >= 0.3 is 0 Å². The summed E-state index contributed by atoms with van der Waals surface area (Å²) in [4.78, 5) is 15.2. The number of hydrogen-bond donors (Lipinski definition) is 1. The quantitative estimate of drug-likeness (QED) is 0.700. The lowest BCUT2D eigenvalue weighted by atomic mass is 9.97. The number of nitrogens with one attached hydrogen (secondary N) is 1. The van der Waals surface area contributed by atoms with Crippen molar-refractivity contribution in [3.8, 4) is 0 Å². The number of carbonyl (C=O) groups is 1. The summed E-state index contributed by atoms with van der Waals surface area (Å²) in [6.07, 6.45) is 4.28. The topological polar surface area (TPSA) is 69.7 Å². The first-order valence-corrected chi connectivity index (χ1v) is 12.4. The summed E-state index contributed by atoms with van der Waals surface area (Å²) in [5, 5.41) is 3.04. The Balaban J connectivity index is 1.51. The van der Waals surface area contributed by atoms with Crippen LogP contribution in [0.4, 0.5) is 0 Å². The fraction of sp³-hybridized carbons (Fsp3) is 0.682. The highest BCUT2D eigenvalue weighted by Crippen LogP contribution is 2.28. The number of fused-ring (bicyclic) bond motifs is 1. The maximum atomic E-state index is 13.0. The van der Waals surface area contributed by atoms with Crippen LogP contribution in [0.25, 0.3) is 0 Å². The van der Waals surface area contributed by atoms with Crippen molar-refractivity contribution in [2.24, 2.45) is 5.92 Å². The second kappa shape index (κ2) is 9.58. The van der Waals surface area contributed by atoms with E-state index in [1.807, 2.05) is 12.1 Å². The van der Waals surface area contributed by atoms with E-state index in [0.29, 0.717) is 43.4 Å². The van der Waals surface area contributed by atoms with E-state index in [0.717, 1.165) is 32.4 Å². The van der Waals surface area contributed by atoms with E-state index in [1.165, 1.54) is 11.1 Å². The van der Waals surface area contributed by atoms with Crippen molar-refractivity contribution in [3.05, 3.63) is 29.3 Å². The second-order valence-electron chi connectivity index (χ2n) is 8.48. The van der Waals surface area contributed by atoms with Gasteiger partial charge in [-0.2, -0.15) is 4.31 Å². The van der Waals surface area contributed by atoms with Crippen molar-refractivity contribution in [1.82, 2.24) is 14.5 Å². The van der Waals surface area contributed by atoms with Crippen molar-refractivity contribution >= 4 is 15.9 Å². The van der Waals surface area contributed by atoms with Gasteiger partial charge in [0.2, 0.25) is 15.9 Å². The lowest BCUT2D eigenvalue weighted by Gasteiger charge is -2.31. The summed E-state index contributed by atoms with van der Waals surface area (Å²) in [6.45, 7) is 9.69. The number of hydrogen-bond acceptors (Lipinski definition) is 4. The Morgan fingerprint density at radius 2 is 1.90 bits per heavy atom. The summed E-state index contributed by atoms with van der Waals surface area (Å²) in [7, 11) is -3.48. The van der Waals surface area contributed by atoms with Crippen molar-refractivity contribution in [1.29, 1.82) is 0 Å². The zero-order valence-electron chi connectivity index (χ0n) is 18.0. The third kappa shape index (κ3) is 5.19. The molecule has 0 spiro atoms. The van der Waals surface area contributed by atoms with E-state index in [4.69, 9.17) is 0 Å². The summed E-state index contributed by atoms with van der Waals surface area (Å²) in [5.74, 6) is -0.0463. The molecule has 2 aliphatic rings. The van der Waals surface area contributed by atoms with Gasteiger partial charge in [-0.05, 0) is 75.8 Å². The van der Waals surface area contributed by atoms with Gasteiger partial charge in [-0.25, -0.2) is 8.42 Å². The maximum absolute atomic E-state index is 13.0. The van der Waals surface area contributed by atoms with Gasteiger partial charge in [0.1, 0.15) is 0 Å². The van der Waals surface area contributed by atoms with Crippen LogP contribution in [-0.2, 0) is 27.7 Å². The van der Waals surface area contributed by atoms with E-state index in [1.54, 1.807) is 10.4 Å². The van der Waals surface area contributed by atoms with Crippen molar-refractivity contribution in [2.45, 2.75) is 63.8 Å². The Morgan fingerprint density at radius 3 is 2.55 bits per heavy atom. The first-order valence-electron chi connectivity index (χ1n) is 11.0. The summed E-state index contributed by atoms with van der Waals surface area (Å²) < 4.78 is 27.6. The van der Waals surface area contributed by atoms with E-state index in [2.05, 4.69) is 31.0 Å². The van der Waals surface area contributed by atoms with Crippen LogP contribution in [0.1, 0.15) is 51.2 Å². The molecule has 0 saturated carbocycles. The summed E-state index contributed by atoms with van der Waals surface area (Å²) in [5.41, 5.74) is 2.45. The molecular weight excluding hydrogens is 386 g/mol. The molecule has 162 valence electrons. The first kappa shape index (κ1) is 22.2. The Morgan fingerprint density at radius 1 is 1.21 bits per heavy atom. The lowest BCUT2D eigenvalue weighted by molar-refractivity contribution is -0.126. The van der Waals surface area contributed by atoms with Gasteiger partial charge in [0.25, 0.3) is 0 Å². The molecule has 1 aromatic carbocycles. The minimum absolute atomic E-state index is 0.0550. The van der Waals surface area contributed by atoms with Crippen molar-refractivity contribution < 1.29 is 13.2 Å². The van der Waals surface area contributed by atoms with Gasteiger partial charge in [0.15, 0.2) is 0 Å². The van der Waals surface area contributed by atoms with Crippen LogP contribution < -0.4 is 5.32 Å². The molecule has 1 aromatic rings. The highest BCUT2D eigenvalue weighted by molar-refractivity contribution is 7.89. The molecule has 3 rings (SSSR count). The number of carbonyl (C=O) groups excluding carboxylic acids is 1. The molecule has 1 fully saturated rings. The molecule has 0 unspecified atom stereocenters. The number of aryl methyl sites for hydroxylation is 2. The summed E-state index contributed by atoms with van der Waals surface area (Å²) >= 11 is 0. The molecule has 1 saturated heterocycles. The number of likely N-dealkylation sites (N-methyl/N-ethyl adjacent to an activating group) is 1. The average Bonchev–Trinajstić information content (AvgIpc) is 3.18. The average molecular weight is 422 g/mol. The normalized spacial score (nSPS) is 18.4. The standard InChI is InChI=1S/C22H35N3O3S/c1-4-24(17(2)3)15-12-23-22(26)19-10-13-25(14-11-19)29(27,28)21-9-8-18-6-5-7-20(18)16-21/h8-9,16-17,19H,4-7,10-15H2,1-3H3,(H,23,26). The van der Waals surface area contributed by atoms with E-state index in [9.17, 15) is 13.2 Å². The predicted octanol–water partition coefficient (Wildman–Crippen LogP) is 2.42. The van der Waals surface area contributed by atoms with Crippen LogP contribution in [0, 0.1) is 5.92 Å². The highest BCUT2D eigenvalue weighted by atomic mass is 32.2. The van der Waals surface area contributed by atoms with Crippen LogP contribution >= 0.6 is 0 Å². The van der Waals surface area contributed by atoms with Crippen LogP contribution in [0.15, 0.2) is 23.1 Å².